The van der Waals surface area contributed by atoms with Gasteiger partial charge in [0, 0.05) is 17.3 Å². The van der Waals surface area contributed by atoms with Gasteiger partial charge in [-0.05, 0) is 31.2 Å². The van der Waals surface area contributed by atoms with Gasteiger partial charge in [-0.2, -0.15) is 0 Å². The maximum Gasteiger partial charge on any atom is 0.247 e. The molecule has 0 atom stereocenters. The number of rotatable bonds is 4. The van der Waals surface area contributed by atoms with Crippen LogP contribution >= 0.6 is 0 Å². The number of benzene rings is 2. The zero-order valence-electron chi connectivity index (χ0n) is 11.8. The summed E-state index contributed by atoms with van der Waals surface area (Å²) in [6.07, 6.45) is 0. The van der Waals surface area contributed by atoms with Crippen molar-refractivity contribution in [2.75, 3.05) is 5.32 Å². The molecular weight excluding hydrogens is 288 g/mol. The molecule has 6 heteroatoms. The van der Waals surface area contributed by atoms with E-state index in [2.05, 4.69) is 15.5 Å². The zero-order chi connectivity index (χ0) is 15.5. The molecule has 0 aliphatic heterocycles. The third-order valence-corrected chi connectivity index (χ3v) is 3.10. The van der Waals surface area contributed by atoms with Gasteiger partial charge in [0.05, 0.1) is 6.54 Å². The van der Waals surface area contributed by atoms with Crippen molar-refractivity contribution in [2.45, 2.75) is 13.5 Å². The molecule has 0 radical (unpaired) electrons. The average molecular weight is 301 g/mol. The van der Waals surface area contributed by atoms with Crippen molar-refractivity contribution in [3.63, 3.8) is 0 Å². The summed E-state index contributed by atoms with van der Waals surface area (Å²) in [6.45, 7) is 2.20. The van der Waals surface area contributed by atoms with E-state index in [1.165, 1.54) is 6.07 Å². The van der Waals surface area contributed by atoms with Crippen LogP contribution in [0.3, 0.4) is 0 Å². The Morgan fingerprint density at radius 3 is 2.68 bits per heavy atom. The van der Waals surface area contributed by atoms with E-state index < -0.39 is 11.6 Å². The quantitative estimate of drug-likeness (QED) is 0.793. The van der Waals surface area contributed by atoms with Crippen LogP contribution in [-0.4, -0.2) is 10.2 Å². The fraction of sp³-hybridized carbons (Fsp3) is 0.125. The van der Waals surface area contributed by atoms with Gasteiger partial charge in [0.2, 0.25) is 11.8 Å². The fourth-order valence-electron chi connectivity index (χ4n) is 2.00. The summed E-state index contributed by atoms with van der Waals surface area (Å²) in [7, 11) is 0. The van der Waals surface area contributed by atoms with Crippen LogP contribution in [0.15, 0.2) is 46.9 Å². The topological polar surface area (TPSA) is 51.0 Å². The Labute approximate surface area is 125 Å². The lowest BCUT2D eigenvalue weighted by atomic mass is 10.1. The van der Waals surface area contributed by atoms with E-state index in [9.17, 15) is 8.78 Å². The highest BCUT2D eigenvalue weighted by Gasteiger charge is 2.09. The van der Waals surface area contributed by atoms with Gasteiger partial charge < -0.3 is 9.73 Å². The molecule has 0 saturated carbocycles. The summed E-state index contributed by atoms with van der Waals surface area (Å²) < 4.78 is 31.5. The summed E-state index contributed by atoms with van der Waals surface area (Å²) >= 11 is 0. The number of nitrogens with zero attached hydrogens (tertiary/aromatic N) is 2. The lowest BCUT2D eigenvalue weighted by Crippen LogP contribution is -2.00. The Morgan fingerprint density at radius 1 is 1.05 bits per heavy atom. The Balaban J connectivity index is 1.70. The van der Waals surface area contributed by atoms with Crippen LogP contribution in [0, 0.1) is 18.6 Å². The van der Waals surface area contributed by atoms with Crippen LogP contribution in [0.2, 0.25) is 0 Å². The number of aromatic nitrogens is 2. The summed E-state index contributed by atoms with van der Waals surface area (Å²) in [5, 5.41) is 10.8. The molecule has 0 fully saturated rings. The first-order valence-electron chi connectivity index (χ1n) is 6.70. The molecular formula is C16H13F2N3O. The first kappa shape index (κ1) is 14.2. The van der Waals surface area contributed by atoms with Crippen LogP contribution in [-0.2, 0) is 6.54 Å². The lowest BCUT2D eigenvalue weighted by Gasteiger charge is -2.03. The monoisotopic (exact) mass is 301 g/mol. The van der Waals surface area contributed by atoms with Crippen LogP contribution in [0.4, 0.5) is 14.5 Å². The van der Waals surface area contributed by atoms with Crippen LogP contribution in [0.1, 0.15) is 11.5 Å². The second-order valence-electron chi connectivity index (χ2n) is 4.85. The SMILES string of the molecule is Cc1cccc(-c2nnc(CNc3ccc(F)c(F)c3)o2)c1. The predicted molar refractivity (Wildman–Crippen MR) is 78.2 cm³/mol. The minimum absolute atomic E-state index is 0.226. The molecule has 2 aromatic carbocycles. The molecule has 4 nitrogen and oxygen atoms in total. The molecule has 0 saturated heterocycles. The molecule has 1 heterocycles. The molecule has 3 rings (SSSR count). The van der Waals surface area contributed by atoms with Gasteiger partial charge in [-0.3, -0.25) is 0 Å². The van der Waals surface area contributed by atoms with E-state index in [1.807, 2.05) is 31.2 Å². The van der Waals surface area contributed by atoms with Gasteiger partial charge in [0.1, 0.15) is 0 Å². The molecule has 1 aromatic heterocycles. The molecule has 0 aliphatic carbocycles. The van der Waals surface area contributed by atoms with Crippen molar-refractivity contribution in [2.24, 2.45) is 0 Å². The first-order chi connectivity index (χ1) is 10.6. The highest BCUT2D eigenvalue weighted by molar-refractivity contribution is 5.53. The highest BCUT2D eigenvalue weighted by Crippen LogP contribution is 2.19. The fourth-order valence-corrected chi connectivity index (χ4v) is 2.00. The van der Waals surface area contributed by atoms with Crippen molar-refractivity contribution in [3.8, 4) is 11.5 Å². The maximum absolute atomic E-state index is 13.1. The normalized spacial score (nSPS) is 10.7. The van der Waals surface area contributed by atoms with E-state index in [0.29, 0.717) is 17.5 Å². The van der Waals surface area contributed by atoms with E-state index in [4.69, 9.17) is 4.42 Å². The minimum Gasteiger partial charge on any atom is -0.419 e. The summed E-state index contributed by atoms with van der Waals surface area (Å²) in [5.74, 6) is -1.01. The van der Waals surface area contributed by atoms with E-state index >= 15 is 0 Å². The number of halogens is 2. The van der Waals surface area contributed by atoms with Crippen molar-refractivity contribution < 1.29 is 13.2 Å². The van der Waals surface area contributed by atoms with Crippen LogP contribution in [0.5, 0.6) is 0 Å². The van der Waals surface area contributed by atoms with Gasteiger partial charge in [-0.1, -0.05) is 17.7 Å². The largest absolute Gasteiger partial charge is 0.419 e. The summed E-state index contributed by atoms with van der Waals surface area (Å²) in [5.41, 5.74) is 2.37. The summed E-state index contributed by atoms with van der Waals surface area (Å²) in [6, 6.07) is 11.3. The summed E-state index contributed by atoms with van der Waals surface area (Å²) in [4.78, 5) is 0. The number of nitrogens with one attached hydrogen (secondary N) is 1. The minimum atomic E-state index is -0.907. The van der Waals surface area contributed by atoms with Crippen molar-refractivity contribution in [1.29, 1.82) is 0 Å². The number of anilines is 1. The first-order valence-corrected chi connectivity index (χ1v) is 6.70. The molecule has 0 aliphatic rings. The van der Waals surface area contributed by atoms with Gasteiger partial charge in [0.25, 0.3) is 0 Å². The Bertz CT molecular complexity index is 802. The molecule has 1 N–H and O–H groups in total. The van der Waals surface area contributed by atoms with Crippen LogP contribution in [0.25, 0.3) is 11.5 Å². The van der Waals surface area contributed by atoms with Crippen LogP contribution < -0.4 is 5.32 Å². The number of aryl methyl sites for hydroxylation is 1. The van der Waals surface area contributed by atoms with Crippen molar-refractivity contribution in [3.05, 3.63) is 65.6 Å². The lowest BCUT2D eigenvalue weighted by molar-refractivity contribution is 0.507. The molecule has 3 aromatic rings. The Hall–Kier alpha value is -2.76. The predicted octanol–water partition coefficient (Wildman–Crippen LogP) is 3.94. The molecule has 0 spiro atoms. The molecule has 112 valence electrons. The van der Waals surface area contributed by atoms with Crippen molar-refractivity contribution in [1.82, 2.24) is 10.2 Å². The molecule has 0 bridgehead atoms. The molecule has 22 heavy (non-hydrogen) atoms. The van der Waals surface area contributed by atoms with E-state index in [1.54, 1.807) is 0 Å². The zero-order valence-corrected chi connectivity index (χ0v) is 11.8. The van der Waals surface area contributed by atoms with Gasteiger partial charge in [0.15, 0.2) is 11.6 Å². The molecule has 0 amide bonds. The molecule has 0 unspecified atom stereocenters. The third-order valence-electron chi connectivity index (χ3n) is 3.10. The number of hydrogen-bond donors (Lipinski definition) is 1. The maximum atomic E-state index is 13.1. The second-order valence-corrected chi connectivity index (χ2v) is 4.85. The standard InChI is InChI=1S/C16H13F2N3O/c1-10-3-2-4-11(7-10)16-21-20-15(22-16)9-19-12-5-6-13(17)14(18)8-12/h2-8,19H,9H2,1H3. The Kier molecular flexibility index (Phi) is 3.82. The van der Waals surface area contributed by atoms with Gasteiger partial charge in [-0.15, -0.1) is 10.2 Å². The Morgan fingerprint density at radius 2 is 1.91 bits per heavy atom. The average Bonchev–Trinajstić information content (AvgIpc) is 2.97. The third kappa shape index (κ3) is 3.11. The van der Waals surface area contributed by atoms with Crippen molar-refractivity contribution >= 4 is 5.69 Å². The number of hydrogen-bond acceptors (Lipinski definition) is 4. The van der Waals surface area contributed by atoms with E-state index in [-0.39, 0.29) is 6.54 Å². The highest BCUT2D eigenvalue weighted by atomic mass is 19.2. The smallest absolute Gasteiger partial charge is 0.247 e. The van der Waals surface area contributed by atoms with Gasteiger partial charge >= 0.3 is 0 Å². The van der Waals surface area contributed by atoms with Gasteiger partial charge in [-0.25, -0.2) is 8.78 Å². The second kappa shape index (κ2) is 5.93. The van der Waals surface area contributed by atoms with E-state index in [0.717, 1.165) is 23.3 Å².